The molecule has 4 rings (SSSR count). The van der Waals surface area contributed by atoms with Crippen LogP contribution in [0.5, 0.6) is 0 Å². The third kappa shape index (κ3) is 2.97. The van der Waals surface area contributed by atoms with Crippen molar-refractivity contribution in [1.82, 2.24) is 9.38 Å². The van der Waals surface area contributed by atoms with Gasteiger partial charge in [-0.3, -0.25) is 9.20 Å². The molecule has 0 bridgehead atoms. The summed E-state index contributed by atoms with van der Waals surface area (Å²) in [5.74, 6) is 0.723. The maximum Gasteiger partial charge on any atom is 0.170 e. The van der Waals surface area contributed by atoms with Crippen LogP contribution in [0.3, 0.4) is 0 Å². The van der Waals surface area contributed by atoms with Gasteiger partial charge in [0.15, 0.2) is 6.29 Å². The standard InChI is InChI=1S/C21H15N3O/c25-15-18-14-24-19(22-18)12-7-13-20(24)23-21(16-8-3-1-4-9-16)17-10-5-2-6-11-17/h1-15H. The molecular formula is C21H15N3O. The quantitative estimate of drug-likeness (QED) is 0.414. The zero-order valence-corrected chi connectivity index (χ0v) is 13.4. The number of aliphatic imine (C=N–C) groups is 1. The van der Waals surface area contributed by atoms with Crippen molar-refractivity contribution >= 4 is 23.5 Å². The Morgan fingerprint density at radius 2 is 1.48 bits per heavy atom. The van der Waals surface area contributed by atoms with E-state index >= 15 is 0 Å². The SMILES string of the molecule is O=Cc1cn2c(N=C(c3ccccc3)c3ccccc3)cccc2n1. The van der Waals surface area contributed by atoms with Crippen molar-refractivity contribution in [2.45, 2.75) is 0 Å². The number of nitrogens with zero attached hydrogens (tertiary/aromatic N) is 3. The summed E-state index contributed by atoms with van der Waals surface area (Å²) in [5, 5.41) is 0. The molecule has 0 aliphatic heterocycles. The topological polar surface area (TPSA) is 46.7 Å². The van der Waals surface area contributed by atoms with Crippen molar-refractivity contribution in [3.63, 3.8) is 0 Å². The zero-order valence-electron chi connectivity index (χ0n) is 13.4. The number of carbonyl (C=O) groups is 1. The number of benzene rings is 2. The number of hydrogen-bond donors (Lipinski definition) is 0. The Balaban J connectivity index is 1.94. The third-order valence-electron chi connectivity index (χ3n) is 3.93. The maximum atomic E-state index is 11.0. The molecule has 0 unspecified atom stereocenters. The molecule has 0 saturated carbocycles. The minimum absolute atomic E-state index is 0.392. The highest BCUT2D eigenvalue weighted by Crippen LogP contribution is 2.20. The molecule has 4 nitrogen and oxygen atoms in total. The van der Waals surface area contributed by atoms with Crippen LogP contribution in [0.2, 0.25) is 0 Å². The van der Waals surface area contributed by atoms with E-state index in [4.69, 9.17) is 4.99 Å². The van der Waals surface area contributed by atoms with E-state index in [1.165, 1.54) is 0 Å². The summed E-state index contributed by atoms with van der Waals surface area (Å²) in [7, 11) is 0. The molecule has 2 aromatic carbocycles. The van der Waals surface area contributed by atoms with Crippen LogP contribution < -0.4 is 0 Å². The van der Waals surface area contributed by atoms with Gasteiger partial charge in [-0.2, -0.15) is 0 Å². The molecule has 0 aliphatic carbocycles. The van der Waals surface area contributed by atoms with E-state index < -0.39 is 0 Å². The minimum atomic E-state index is 0.392. The van der Waals surface area contributed by atoms with Crippen molar-refractivity contribution in [2.24, 2.45) is 4.99 Å². The molecule has 2 heterocycles. The first-order chi connectivity index (χ1) is 12.3. The third-order valence-corrected chi connectivity index (χ3v) is 3.93. The lowest BCUT2D eigenvalue weighted by molar-refractivity contribution is 0.111. The van der Waals surface area contributed by atoms with Gasteiger partial charge in [-0.25, -0.2) is 9.98 Å². The lowest BCUT2D eigenvalue weighted by Crippen LogP contribution is -2.03. The van der Waals surface area contributed by atoms with Gasteiger partial charge in [0.2, 0.25) is 0 Å². The fourth-order valence-corrected chi connectivity index (χ4v) is 2.77. The first-order valence-electron chi connectivity index (χ1n) is 7.98. The Labute approximate surface area is 145 Å². The first kappa shape index (κ1) is 15.0. The van der Waals surface area contributed by atoms with Gasteiger partial charge in [-0.05, 0) is 12.1 Å². The number of pyridine rings is 1. The Hall–Kier alpha value is -3.53. The van der Waals surface area contributed by atoms with Crippen LogP contribution in [0.25, 0.3) is 5.65 Å². The number of aldehydes is 1. The molecule has 2 aromatic heterocycles. The van der Waals surface area contributed by atoms with Crippen molar-refractivity contribution in [3.8, 4) is 0 Å². The lowest BCUT2D eigenvalue weighted by Gasteiger charge is -2.08. The fourth-order valence-electron chi connectivity index (χ4n) is 2.77. The van der Waals surface area contributed by atoms with Gasteiger partial charge >= 0.3 is 0 Å². The van der Waals surface area contributed by atoms with Gasteiger partial charge in [-0.15, -0.1) is 0 Å². The second kappa shape index (κ2) is 6.53. The van der Waals surface area contributed by atoms with Crippen LogP contribution >= 0.6 is 0 Å². The van der Waals surface area contributed by atoms with Crippen LogP contribution in [-0.2, 0) is 0 Å². The number of fused-ring (bicyclic) bond motifs is 1. The van der Waals surface area contributed by atoms with Crippen LogP contribution in [0.15, 0.2) is 90.1 Å². The number of imidazole rings is 1. The predicted molar refractivity (Wildman–Crippen MR) is 98.8 cm³/mol. The van der Waals surface area contributed by atoms with Crippen LogP contribution in [0.4, 0.5) is 5.82 Å². The summed E-state index contributed by atoms with van der Waals surface area (Å²) in [5.41, 5.74) is 4.02. The Morgan fingerprint density at radius 3 is 2.08 bits per heavy atom. The summed E-state index contributed by atoms with van der Waals surface area (Å²) < 4.78 is 1.83. The largest absolute Gasteiger partial charge is 0.296 e. The highest BCUT2D eigenvalue weighted by Gasteiger charge is 2.09. The van der Waals surface area contributed by atoms with Gasteiger partial charge in [-0.1, -0.05) is 66.7 Å². The van der Waals surface area contributed by atoms with Gasteiger partial charge in [0.1, 0.15) is 17.2 Å². The molecular weight excluding hydrogens is 310 g/mol. The van der Waals surface area contributed by atoms with Crippen LogP contribution in [0, 0.1) is 0 Å². The molecule has 0 N–H and O–H groups in total. The zero-order chi connectivity index (χ0) is 17.1. The molecule has 120 valence electrons. The molecule has 0 fully saturated rings. The van der Waals surface area contributed by atoms with Gasteiger partial charge in [0.25, 0.3) is 0 Å². The minimum Gasteiger partial charge on any atom is -0.296 e. The van der Waals surface area contributed by atoms with Crippen LogP contribution in [-0.4, -0.2) is 21.4 Å². The smallest absolute Gasteiger partial charge is 0.170 e. The average molecular weight is 325 g/mol. The normalized spacial score (nSPS) is 10.6. The number of hydrogen-bond acceptors (Lipinski definition) is 3. The van der Waals surface area contributed by atoms with Gasteiger partial charge in [0.05, 0.1) is 5.71 Å². The number of carbonyl (C=O) groups excluding carboxylic acids is 1. The van der Waals surface area contributed by atoms with Crippen molar-refractivity contribution in [2.75, 3.05) is 0 Å². The maximum absolute atomic E-state index is 11.0. The molecule has 0 aliphatic rings. The van der Waals surface area contributed by atoms with E-state index in [0.29, 0.717) is 11.3 Å². The van der Waals surface area contributed by atoms with Gasteiger partial charge < -0.3 is 0 Å². The Bertz CT molecular complexity index is 1010. The molecule has 0 saturated heterocycles. The molecule has 0 spiro atoms. The average Bonchev–Trinajstić information content (AvgIpc) is 3.11. The summed E-state index contributed by atoms with van der Waals surface area (Å²) in [6, 6.07) is 25.8. The number of rotatable bonds is 4. The Kier molecular flexibility index (Phi) is 3.92. The van der Waals surface area contributed by atoms with Gasteiger partial charge in [0, 0.05) is 17.3 Å². The lowest BCUT2D eigenvalue weighted by atomic mass is 10.0. The molecule has 4 heteroatoms. The van der Waals surface area contributed by atoms with Crippen molar-refractivity contribution < 1.29 is 4.79 Å². The van der Waals surface area contributed by atoms with E-state index in [1.54, 1.807) is 6.20 Å². The van der Waals surface area contributed by atoms with Crippen molar-refractivity contribution in [3.05, 3.63) is 102 Å². The highest BCUT2D eigenvalue weighted by molar-refractivity contribution is 6.13. The molecule has 0 atom stereocenters. The summed E-state index contributed by atoms with van der Waals surface area (Å²) >= 11 is 0. The van der Waals surface area contributed by atoms with E-state index in [-0.39, 0.29) is 0 Å². The van der Waals surface area contributed by atoms with E-state index in [1.807, 2.05) is 83.3 Å². The fraction of sp³-hybridized carbons (Fsp3) is 0. The summed E-state index contributed by atoms with van der Waals surface area (Å²) in [6.07, 6.45) is 2.45. The highest BCUT2D eigenvalue weighted by atomic mass is 16.1. The molecule has 25 heavy (non-hydrogen) atoms. The second-order valence-electron chi connectivity index (χ2n) is 5.59. The molecule has 0 radical (unpaired) electrons. The van der Waals surface area contributed by atoms with Crippen LogP contribution in [0.1, 0.15) is 21.6 Å². The predicted octanol–water partition coefficient (Wildman–Crippen LogP) is 4.32. The summed E-state index contributed by atoms with van der Waals surface area (Å²) in [6.45, 7) is 0. The molecule has 4 aromatic rings. The first-order valence-corrected chi connectivity index (χ1v) is 7.98. The van der Waals surface area contributed by atoms with E-state index in [0.717, 1.165) is 28.9 Å². The monoisotopic (exact) mass is 325 g/mol. The van der Waals surface area contributed by atoms with E-state index in [9.17, 15) is 4.79 Å². The van der Waals surface area contributed by atoms with E-state index in [2.05, 4.69) is 4.98 Å². The Morgan fingerprint density at radius 1 is 0.840 bits per heavy atom. The number of aromatic nitrogens is 2. The summed E-state index contributed by atoms with van der Waals surface area (Å²) in [4.78, 5) is 20.2. The molecule has 0 amide bonds. The van der Waals surface area contributed by atoms with Crippen molar-refractivity contribution in [1.29, 1.82) is 0 Å². The second-order valence-corrected chi connectivity index (χ2v) is 5.59.